The van der Waals surface area contributed by atoms with Crippen LogP contribution in [-0.4, -0.2) is 15.5 Å². The maximum Gasteiger partial charge on any atom is 0.271 e. The highest BCUT2D eigenvalue weighted by atomic mass is 35.7. The van der Waals surface area contributed by atoms with E-state index in [4.69, 9.17) is 22.2 Å². The third kappa shape index (κ3) is 7.01. The Hall–Kier alpha value is 1.01. The molecular formula is C4H11Cl2Si2. The van der Waals surface area contributed by atoms with Crippen molar-refractivity contribution < 1.29 is 0 Å². The molecule has 0 aromatic rings. The minimum atomic E-state index is -0.986. The molecule has 0 aliphatic carbocycles. The van der Waals surface area contributed by atoms with E-state index in [0.29, 0.717) is 0 Å². The molecule has 0 amide bonds. The van der Waals surface area contributed by atoms with Gasteiger partial charge in [-0.05, 0) is 5.67 Å². The Labute approximate surface area is 63.2 Å². The molecule has 49 valence electrons. The Morgan fingerprint density at radius 2 is 1.62 bits per heavy atom. The number of hydrogen-bond acceptors (Lipinski definition) is 0. The molecule has 0 N–H and O–H groups in total. The van der Waals surface area contributed by atoms with Crippen molar-refractivity contribution in [1.82, 2.24) is 0 Å². The van der Waals surface area contributed by atoms with Gasteiger partial charge < -0.3 is 0 Å². The van der Waals surface area contributed by atoms with Crippen LogP contribution in [0.25, 0.3) is 0 Å². The molecule has 0 heterocycles. The molecule has 4 heteroatoms. The highest BCUT2D eigenvalue weighted by Crippen LogP contribution is 2.14. The fraction of sp³-hybridized carbons (Fsp3) is 1.00. The zero-order valence-corrected chi connectivity index (χ0v) is 8.97. The first-order valence-electron chi connectivity index (χ1n) is 2.59. The van der Waals surface area contributed by atoms with Gasteiger partial charge in [-0.15, -0.1) is 22.2 Å². The Morgan fingerprint density at radius 1 is 1.25 bits per heavy atom. The van der Waals surface area contributed by atoms with Crippen molar-refractivity contribution in [2.75, 3.05) is 0 Å². The zero-order chi connectivity index (χ0) is 6.78. The molecule has 0 aromatic carbocycles. The Bertz CT molecular complexity index is 66.9. The smallest absolute Gasteiger partial charge is 0.147 e. The van der Waals surface area contributed by atoms with Gasteiger partial charge >= 0.3 is 0 Å². The van der Waals surface area contributed by atoms with Crippen LogP contribution in [0.1, 0.15) is 0 Å². The van der Waals surface area contributed by atoms with Crippen LogP contribution in [0.15, 0.2) is 0 Å². The minimum Gasteiger partial charge on any atom is -0.147 e. The van der Waals surface area contributed by atoms with E-state index in [1.165, 1.54) is 0 Å². The summed E-state index contributed by atoms with van der Waals surface area (Å²) < 4.78 is 0. The molecule has 0 unspecified atom stereocenters. The third-order valence-corrected chi connectivity index (χ3v) is 8.38. The number of hydrogen-bond donors (Lipinski definition) is 0. The molecule has 0 saturated heterocycles. The number of halogens is 2. The van der Waals surface area contributed by atoms with Crippen LogP contribution in [0.4, 0.5) is 0 Å². The summed E-state index contributed by atoms with van der Waals surface area (Å²) in [6, 6.07) is 0. The quantitative estimate of drug-likeness (QED) is 0.459. The predicted octanol–water partition coefficient (Wildman–Crippen LogP) is 2.83. The monoisotopic (exact) mass is 185 g/mol. The molecule has 8 heavy (non-hydrogen) atoms. The normalized spacial score (nSPS) is 12.8. The van der Waals surface area contributed by atoms with Crippen LogP contribution in [0, 0.1) is 0 Å². The standard InChI is InChI=1S/C4H11Cl2Si2/c1-8(2,3)4-7(5)6/h4H2,1-3H3. The molecule has 0 aliphatic heterocycles. The van der Waals surface area contributed by atoms with Gasteiger partial charge in [0.15, 0.2) is 0 Å². The van der Waals surface area contributed by atoms with Gasteiger partial charge in [0.25, 0.3) is 7.42 Å². The van der Waals surface area contributed by atoms with Gasteiger partial charge in [0.1, 0.15) is 0 Å². The first kappa shape index (κ1) is 9.01. The molecule has 0 fully saturated rings. The van der Waals surface area contributed by atoms with Crippen molar-refractivity contribution in [2.24, 2.45) is 0 Å². The second kappa shape index (κ2) is 3.25. The lowest BCUT2D eigenvalue weighted by atomic mass is 11.8. The van der Waals surface area contributed by atoms with Gasteiger partial charge in [-0.3, -0.25) is 0 Å². The maximum absolute atomic E-state index is 5.66. The van der Waals surface area contributed by atoms with E-state index < -0.39 is 15.5 Å². The van der Waals surface area contributed by atoms with Crippen LogP contribution in [-0.2, 0) is 0 Å². The summed E-state index contributed by atoms with van der Waals surface area (Å²) in [5.41, 5.74) is 1.10. The van der Waals surface area contributed by atoms with Crippen molar-refractivity contribution in [1.29, 1.82) is 0 Å². The Balaban J connectivity index is 3.39. The van der Waals surface area contributed by atoms with E-state index in [0.717, 1.165) is 5.67 Å². The molecule has 0 atom stereocenters. The van der Waals surface area contributed by atoms with Gasteiger partial charge in [0.05, 0.1) is 0 Å². The lowest BCUT2D eigenvalue weighted by Crippen LogP contribution is -2.23. The second-order valence-electron chi connectivity index (χ2n) is 3.08. The van der Waals surface area contributed by atoms with E-state index in [-0.39, 0.29) is 0 Å². The van der Waals surface area contributed by atoms with Gasteiger partial charge in [0, 0.05) is 8.07 Å². The summed E-state index contributed by atoms with van der Waals surface area (Å²) >= 11 is 11.3. The molecular weight excluding hydrogens is 175 g/mol. The Kier molecular flexibility index (Phi) is 3.66. The van der Waals surface area contributed by atoms with Crippen molar-refractivity contribution in [3.8, 4) is 0 Å². The fourth-order valence-electron chi connectivity index (χ4n) is 0.401. The SMILES string of the molecule is C[Si](C)(C)C[Si](Cl)Cl. The Morgan fingerprint density at radius 3 is 1.62 bits per heavy atom. The van der Waals surface area contributed by atoms with Crippen LogP contribution < -0.4 is 0 Å². The zero-order valence-electron chi connectivity index (χ0n) is 5.46. The van der Waals surface area contributed by atoms with Crippen molar-refractivity contribution in [2.45, 2.75) is 25.3 Å². The largest absolute Gasteiger partial charge is 0.271 e. The fourth-order valence-corrected chi connectivity index (χ4v) is 10.8. The van der Waals surface area contributed by atoms with E-state index in [9.17, 15) is 0 Å². The van der Waals surface area contributed by atoms with E-state index in [1.54, 1.807) is 0 Å². The minimum absolute atomic E-state index is 0.939. The maximum atomic E-state index is 5.66. The lowest BCUT2D eigenvalue weighted by Gasteiger charge is -2.13. The second-order valence-corrected chi connectivity index (χ2v) is 13.6. The lowest BCUT2D eigenvalue weighted by molar-refractivity contribution is 1.64. The molecule has 0 nitrogen and oxygen atoms in total. The molecule has 1 radical (unpaired) electrons. The summed E-state index contributed by atoms with van der Waals surface area (Å²) in [6.45, 7) is 6.84. The molecule has 0 rings (SSSR count). The van der Waals surface area contributed by atoms with E-state index in [2.05, 4.69) is 19.6 Å². The first-order chi connectivity index (χ1) is 3.42. The summed E-state index contributed by atoms with van der Waals surface area (Å²) in [5.74, 6) is 0. The van der Waals surface area contributed by atoms with Gasteiger partial charge in [-0.25, -0.2) is 0 Å². The van der Waals surface area contributed by atoms with Crippen molar-refractivity contribution in [3.05, 3.63) is 0 Å². The summed E-state index contributed by atoms with van der Waals surface area (Å²) in [4.78, 5) is 0. The van der Waals surface area contributed by atoms with Crippen LogP contribution in [0.5, 0.6) is 0 Å². The summed E-state index contributed by atoms with van der Waals surface area (Å²) in [5, 5.41) is 0. The summed E-state index contributed by atoms with van der Waals surface area (Å²) in [6.07, 6.45) is 0. The molecule has 0 bridgehead atoms. The molecule has 0 aromatic heterocycles. The topological polar surface area (TPSA) is 0 Å². The van der Waals surface area contributed by atoms with Gasteiger partial charge in [0.2, 0.25) is 0 Å². The predicted molar refractivity (Wildman–Crippen MR) is 45.6 cm³/mol. The average molecular weight is 186 g/mol. The average Bonchev–Trinajstić information content (AvgIpc) is 1.21. The highest BCUT2D eigenvalue weighted by molar-refractivity contribution is 7.36. The highest BCUT2D eigenvalue weighted by Gasteiger charge is 2.18. The van der Waals surface area contributed by atoms with Crippen LogP contribution in [0.2, 0.25) is 25.3 Å². The summed E-state index contributed by atoms with van der Waals surface area (Å²) in [7, 11) is -1.92. The molecule has 0 spiro atoms. The van der Waals surface area contributed by atoms with Crippen molar-refractivity contribution in [3.63, 3.8) is 0 Å². The molecule has 0 saturated carbocycles. The van der Waals surface area contributed by atoms with Crippen molar-refractivity contribution >= 4 is 37.6 Å². The van der Waals surface area contributed by atoms with Crippen LogP contribution >= 0.6 is 22.2 Å². The van der Waals surface area contributed by atoms with Gasteiger partial charge in [-0.2, -0.15) is 0 Å². The van der Waals surface area contributed by atoms with Crippen LogP contribution in [0.3, 0.4) is 0 Å². The molecule has 0 aliphatic rings. The third-order valence-electron chi connectivity index (χ3n) is 0.664. The number of rotatable bonds is 2. The first-order valence-corrected chi connectivity index (χ1v) is 10.0. The van der Waals surface area contributed by atoms with Gasteiger partial charge in [-0.1, -0.05) is 19.6 Å². The van der Waals surface area contributed by atoms with E-state index >= 15 is 0 Å². The van der Waals surface area contributed by atoms with E-state index in [1.807, 2.05) is 0 Å².